The first-order chi connectivity index (χ1) is 10.2. The molecule has 0 heterocycles. The number of hydrogen-bond acceptors (Lipinski definition) is 2. The van der Waals surface area contributed by atoms with Gasteiger partial charge in [-0.15, -0.1) is 0 Å². The second kappa shape index (κ2) is 7.28. The zero-order valence-corrected chi connectivity index (χ0v) is 13.4. The van der Waals surface area contributed by atoms with Crippen LogP contribution in [0.15, 0.2) is 42.5 Å². The van der Waals surface area contributed by atoms with Gasteiger partial charge < -0.3 is 10.1 Å². The molecular formula is C19H25NO. The number of rotatable bonds is 6. The van der Waals surface area contributed by atoms with Crippen molar-refractivity contribution in [3.8, 4) is 5.75 Å². The zero-order chi connectivity index (χ0) is 15.2. The lowest BCUT2D eigenvalue weighted by Crippen LogP contribution is -2.23. The van der Waals surface area contributed by atoms with Gasteiger partial charge >= 0.3 is 0 Å². The van der Waals surface area contributed by atoms with Crippen LogP contribution in [-0.4, -0.2) is 13.7 Å². The molecule has 2 nitrogen and oxygen atoms in total. The molecule has 2 heteroatoms. The molecule has 0 radical (unpaired) electrons. The molecule has 2 rings (SSSR count). The summed E-state index contributed by atoms with van der Waals surface area (Å²) in [5.74, 6) is 0.959. The quantitative estimate of drug-likeness (QED) is 0.857. The van der Waals surface area contributed by atoms with E-state index in [1.54, 1.807) is 7.11 Å². The third kappa shape index (κ3) is 3.85. The van der Waals surface area contributed by atoms with Gasteiger partial charge in [0.1, 0.15) is 5.75 Å². The van der Waals surface area contributed by atoms with Gasteiger partial charge in [0.25, 0.3) is 0 Å². The molecule has 1 atom stereocenters. The number of hydrogen-bond donors (Lipinski definition) is 1. The maximum Gasteiger partial charge on any atom is 0.122 e. The van der Waals surface area contributed by atoms with Crippen LogP contribution in [0, 0.1) is 13.8 Å². The Morgan fingerprint density at radius 1 is 1.05 bits per heavy atom. The van der Waals surface area contributed by atoms with Crippen LogP contribution in [0.2, 0.25) is 0 Å². The van der Waals surface area contributed by atoms with Crippen LogP contribution in [0.25, 0.3) is 0 Å². The fourth-order valence-electron chi connectivity index (χ4n) is 2.67. The van der Waals surface area contributed by atoms with E-state index in [0.717, 1.165) is 18.7 Å². The number of benzene rings is 2. The van der Waals surface area contributed by atoms with E-state index in [0.29, 0.717) is 6.04 Å². The predicted molar refractivity (Wildman–Crippen MR) is 89.0 cm³/mol. The van der Waals surface area contributed by atoms with E-state index in [9.17, 15) is 0 Å². The molecule has 0 bridgehead atoms. The Labute approximate surface area is 128 Å². The number of nitrogens with one attached hydrogen (secondary N) is 1. The molecule has 0 spiro atoms. The van der Waals surface area contributed by atoms with Crippen LogP contribution in [-0.2, 0) is 6.42 Å². The number of aryl methyl sites for hydroxylation is 2. The van der Waals surface area contributed by atoms with E-state index in [2.05, 4.69) is 68.6 Å². The zero-order valence-electron chi connectivity index (χ0n) is 13.4. The van der Waals surface area contributed by atoms with Gasteiger partial charge in [-0.1, -0.05) is 43.3 Å². The van der Waals surface area contributed by atoms with Gasteiger partial charge in [-0.05, 0) is 55.1 Å². The molecule has 0 saturated carbocycles. The van der Waals surface area contributed by atoms with E-state index >= 15 is 0 Å². The van der Waals surface area contributed by atoms with Crippen molar-refractivity contribution >= 4 is 0 Å². The van der Waals surface area contributed by atoms with Crippen LogP contribution < -0.4 is 10.1 Å². The van der Waals surface area contributed by atoms with Crippen LogP contribution in [0.1, 0.15) is 35.2 Å². The summed E-state index contributed by atoms with van der Waals surface area (Å²) in [6.45, 7) is 7.35. The van der Waals surface area contributed by atoms with Crippen molar-refractivity contribution in [1.29, 1.82) is 0 Å². The van der Waals surface area contributed by atoms with Gasteiger partial charge in [-0.25, -0.2) is 0 Å². The normalized spacial score (nSPS) is 12.2. The van der Waals surface area contributed by atoms with Crippen molar-refractivity contribution in [3.05, 3.63) is 64.7 Å². The maximum atomic E-state index is 5.46. The molecule has 0 amide bonds. The molecule has 0 aliphatic heterocycles. The molecule has 0 aliphatic carbocycles. The highest BCUT2D eigenvalue weighted by molar-refractivity contribution is 5.39. The Bertz CT molecular complexity index is 592. The van der Waals surface area contributed by atoms with Crippen molar-refractivity contribution in [1.82, 2.24) is 5.32 Å². The minimum atomic E-state index is 0.311. The lowest BCUT2D eigenvalue weighted by atomic mass is 9.95. The highest BCUT2D eigenvalue weighted by Gasteiger charge is 2.14. The van der Waals surface area contributed by atoms with Gasteiger partial charge in [0.05, 0.1) is 7.11 Å². The SMILES string of the molecule is CCNC(Cc1ccccc1C)c1ccc(C)c(OC)c1. The number of methoxy groups -OCH3 is 1. The third-order valence-corrected chi connectivity index (χ3v) is 3.97. The topological polar surface area (TPSA) is 21.3 Å². The molecule has 2 aromatic rings. The van der Waals surface area contributed by atoms with Crippen molar-refractivity contribution in [2.75, 3.05) is 13.7 Å². The van der Waals surface area contributed by atoms with E-state index < -0.39 is 0 Å². The van der Waals surface area contributed by atoms with Gasteiger partial charge in [-0.3, -0.25) is 0 Å². The summed E-state index contributed by atoms with van der Waals surface area (Å²) in [5.41, 5.74) is 5.19. The highest BCUT2D eigenvalue weighted by atomic mass is 16.5. The Hall–Kier alpha value is -1.80. The fraction of sp³-hybridized carbons (Fsp3) is 0.368. The minimum Gasteiger partial charge on any atom is -0.496 e. The lowest BCUT2D eigenvalue weighted by molar-refractivity contribution is 0.410. The second-order valence-corrected chi connectivity index (χ2v) is 5.47. The summed E-state index contributed by atoms with van der Waals surface area (Å²) < 4.78 is 5.46. The predicted octanol–water partition coefficient (Wildman–Crippen LogP) is 4.21. The molecule has 0 aliphatic rings. The summed E-state index contributed by atoms with van der Waals surface area (Å²) in [7, 11) is 1.73. The summed E-state index contributed by atoms with van der Waals surface area (Å²) >= 11 is 0. The van der Waals surface area contributed by atoms with E-state index in [1.165, 1.54) is 22.3 Å². The Balaban J connectivity index is 2.28. The van der Waals surface area contributed by atoms with E-state index in [1.807, 2.05) is 0 Å². The Kier molecular flexibility index (Phi) is 5.40. The minimum absolute atomic E-state index is 0.311. The second-order valence-electron chi connectivity index (χ2n) is 5.47. The Morgan fingerprint density at radius 3 is 2.48 bits per heavy atom. The van der Waals surface area contributed by atoms with Gasteiger partial charge in [-0.2, -0.15) is 0 Å². The van der Waals surface area contributed by atoms with E-state index in [-0.39, 0.29) is 0 Å². The van der Waals surface area contributed by atoms with Crippen molar-refractivity contribution < 1.29 is 4.74 Å². The van der Waals surface area contributed by atoms with Crippen molar-refractivity contribution in [3.63, 3.8) is 0 Å². The van der Waals surface area contributed by atoms with Crippen LogP contribution in [0.5, 0.6) is 5.75 Å². The summed E-state index contributed by atoms with van der Waals surface area (Å²) in [6.07, 6.45) is 0.993. The maximum absolute atomic E-state index is 5.46. The molecule has 112 valence electrons. The molecule has 0 aromatic heterocycles. The largest absolute Gasteiger partial charge is 0.496 e. The van der Waals surface area contributed by atoms with Crippen LogP contribution >= 0.6 is 0 Å². The molecule has 2 aromatic carbocycles. The number of ether oxygens (including phenoxy) is 1. The first-order valence-corrected chi connectivity index (χ1v) is 7.58. The summed E-state index contributed by atoms with van der Waals surface area (Å²) in [5, 5.41) is 3.59. The first-order valence-electron chi connectivity index (χ1n) is 7.58. The van der Waals surface area contributed by atoms with Gasteiger partial charge in [0, 0.05) is 6.04 Å². The molecule has 1 N–H and O–H groups in total. The smallest absolute Gasteiger partial charge is 0.122 e. The molecular weight excluding hydrogens is 258 g/mol. The van der Waals surface area contributed by atoms with Gasteiger partial charge in [0.15, 0.2) is 0 Å². The third-order valence-electron chi connectivity index (χ3n) is 3.97. The van der Waals surface area contributed by atoms with Crippen molar-refractivity contribution in [2.24, 2.45) is 0 Å². The Morgan fingerprint density at radius 2 is 1.81 bits per heavy atom. The summed E-state index contributed by atoms with van der Waals surface area (Å²) in [4.78, 5) is 0. The van der Waals surface area contributed by atoms with Crippen molar-refractivity contribution in [2.45, 2.75) is 33.2 Å². The summed E-state index contributed by atoms with van der Waals surface area (Å²) in [6, 6.07) is 15.4. The fourth-order valence-corrected chi connectivity index (χ4v) is 2.67. The molecule has 21 heavy (non-hydrogen) atoms. The average molecular weight is 283 g/mol. The molecule has 1 unspecified atom stereocenters. The monoisotopic (exact) mass is 283 g/mol. The van der Waals surface area contributed by atoms with Crippen LogP contribution in [0.4, 0.5) is 0 Å². The lowest BCUT2D eigenvalue weighted by Gasteiger charge is -2.21. The average Bonchev–Trinajstić information content (AvgIpc) is 2.49. The standard InChI is InChI=1S/C19H25NO/c1-5-20-18(12-16-9-7-6-8-14(16)2)17-11-10-15(3)19(13-17)21-4/h6-11,13,18,20H,5,12H2,1-4H3. The first kappa shape index (κ1) is 15.6. The number of likely N-dealkylation sites (N-methyl/N-ethyl adjacent to an activating group) is 1. The molecule has 0 saturated heterocycles. The highest BCUT2D eigenvalue weighted by Crippen LogP contribution is 2.26. The molecule has 0 fully saturated rings. The van der Waals surface area contributed by atoms with Gasteiger partial charge in [0.2, 0.25) is 0 Å². The van der Waals surface area contributed by atoms with E-state index in [4.69, 9.17) is 4.74 Å². The van der Waals surface area contributed by atoms with Crippen LogP contribution in [0.3, 0.4) is 0 Å².